The second-order valence-electron chi connectivity index (χ2n) is 6.70. The normalized spacial score (nSPS) is 12.1. The number of fused-ring (bicyclic) bond motifs is 1. The lowest BCUT2D eigenvalue weighted by Gasteiger charge is -2.10. The molecule has 0 spiro atoms. The van der Waals surface area contributed by atoms with Crippen LogP contribution in [0.3, 0.4) is 0 Å². The molecule has 1 amide bonds. The van der Waals surface area contributed by atoms with Crippen LogP contribution in [0.5, 0.6) is 0 Å². The van der Waals surface area contributed by atoms with Crippen LogP contribution in [0.4, 0.5) is 5.69 Å². The molecular formula is C20H23N5O4S. The Morgan fingerprint density at radius 2 is 1.77 bits per heavy atom. The van der Waals surface area contributed by atoms with Crippen molar-refractivity contribution in [2.24, 2.45) is 0 Å². The highest BCUT2D eigenvalue weighted by molar-refractivity contribution is 8.00. The minimum Gasteiger partial charge on any atom is -0.327 e. The van der Waals surface area contributed by atoms with Gasteiger partial charge >= 0.3 is 5.69 Å². The molecule has 1 aromatic carbocycles. The molecular weight excluding hydrogens is 406 g/mol. The number of benzene rings is 1. The third-order valence-electron chi connectivity index (χ3n) is 4.69. The van der Waals surface area contributed by atoms with Gasteiger partial charge in [0.1, 0.15) is 0 Å². The van der Waals surface area contributed by atoms with Crippen LogP contribution in [0.1, 0.15) is 38.1 Å². The van der Waals surface area contributed by atoms with Crippen molar-refractivity contribution < 1.29 is 9.59 Å². The number of imidazole rings is 1. The summed E-state index contributed by atoms with van der Waals surface area (Å²) in [6, 6.07) is 6.64. The maximum atomic E-state index is 12.6. The first-order valence-electron chi connectivity index (χ1n) is 9.58. The Morgan fingerprint density at radius 3 is 2.33 bits per heavy atom. The summed E-state index contributed by atoms with van der Waals surface area (Å²) in [5.41, 5.74) is 0.843. The Hall–Kier alpha value is -3.14. The van der Waals surface area contributed by atoms with E-state index in [0.29, 0.717) is 23.0 Å². The van der Waals surface area contributed by atoms with Crippen molar-refractivity contribution in [3.8, 4) is 0 Å². The average Bonchev–Trinajstić information content (AvgIpc) is 3.12. The molecule has 2 aromatic heterocycles. The number of carbonyl (C=O) groups is 2. The number of aromatic nitrogens is 4. The minimum absolute atomic E-state index is 0.0469. The van der Waals surface area contributed by atoms with E-state index >= 15 is 0 Å². The first-order valence-corrected chi connectivity index (χ1v) is 10.5. The van der Waals surface area contributed by atoms with Crippen molar-refractivity contribution in [2.75, 3.05) is 5.32 Å². The van der Waals surface area contributed by atoms with Gasteiger partial charge in [0, 0.05) is 24.3 Å². The molecule has 0 aliphatic carbocycles. The summed E-state index contributed by atoms with van der Waals surface area (Å²) in [5, 5.41) is 2.65. The molecule has 3 aromatic rings. The zero-order chi connectivity index (χ0) is 22.0. The largest absolute Gasteiger partial charge is 0.332 e. The highest BCUT2D eigenvalue weighted by Crippen LogP contribution is 2.23. The molecule has 1 unspecified atom stereocenters. The Morgan fingerprint density at radius 1 is 1.13 bits per heavy atom. The molecule has 0 bridgehead atoms. The molecule has 0 saturated heterocycles. The number of aromatic amines is 1. The van der Waals surface area contributed by atoms with Crippen LogP contribution in [0.25, 0.3) is 11.2 Å². The number of carbonyl (C=O) groups excluding carboxylic acids is 2. The number of nitrogens with one attached hydrogen (secondary N) is 2. The summed E-state index contributed by atoms with van der Waals surface area (Å²) in [6.07, 6.45) is 0. The third kappa shape index (κ3) is 4.09. The first-order chi connectivity index (χ1) is 14.3. The van der Waals surface area contributed by atoms with Crippen molar-refractivity contribution in [2.45, 2.75) is 51.2 Å². The lowest BCUT2D eigenvalue weighted by molar-refractivity contribution is -0.115. The summed E-state index contributed by atoms with van der Waals surface area (Å²) in [4.78, 5) is 56.2. The summed E-state index contributed by atoms with van der Waals surface area (Å²) < 4.78 is 2.58. The molecule has 2 N–H and O–H groups in total. The minimum atomic E-state index is -0.520. The summed E-state index contributed by atoms with van der Waals surface area (Å²) in [6.45, 7) is 7.37. The van der Waals surface area contributed by atoms with Crippen LogP contribution >= 0.6 is 11.8 Å². The fraction of sp³-hybridized carbons (Fsp3) is 0.350. The third-order valence-corrected chi connectivity index (χ3v) is 5.67. The number of amides is 1. The second kappa shape index (κ2) is 8.70. The first kappa shape index (κ1) is 21.6. The highest BCUT2D eigenvalue weighted by Gasteiger charge is 2.20. The van der Waals surface area contributed by atoms with Crippen LogP contribution in [-0.4, -0.2) is 36.0 Å². The number of anilines is 1. The van der Waals surface area contributed by atoms with Gasteiger partial charge in [-0.25, -0.2) is 9.78 Å². The number of hydrogen-bond acceptors (Lipinski definition) is 6. The maximum Gasteiger partial charge on any atom is 0.332 e. The number of rotatable bonds is 7. The van der Waals surface area contributed by atoms with Gasteiger partial charge in [0.15, 0.2) is 22.1 Å². The van der Waals surface area contributed by atoms with Gasteiger partial charge < -0.3 is 10.3 Å². The molecule has 2 heterocycles. The maximum absolute atomic E-state index is 12.6. The molecule has 9 nitrogen and oxygen atoms in total. The molecule has 0 aliphatic heterocycles. The topological polar surface area (TPSA) is 119 Å². The zero-order valence-electron chi connectivity index (χ0n) is 17.2. The van der Waals surface area contributed by atoms with Gasteiger partial charge in [0.05, 0.1) is 5.25 Å². The number of hydrogen-bond donors (Lipinski definition) is 2. The second-order valence-corrected chi connectivity index (χ2v) is 8.03. The van der Waals surface area contributed by atoms with E-state index in [1.54, 1.807) is 45.0 Å². The standard InChI is InChI=1S/C20H23N5O4S/c1-5-24-16-15(18(28)25(6-2)20(24)29)22-19(23-16)30-12(4)17(27)21-14-9-7-13(8-10-14)11(3)26/h7-10,12H,5-6H2,1-4H3,(H,21,27)(H,22,23). The number of Topliss-reactive ketones (excluding diaryl/α,β-unsaturated/α-hetero) is 1. The number of H-pyrrole nitrogens is 1. The van der Waals surface area contributed by atoms with E-state index in [-0.39, 0.29) is 29.4 Å². The molecule has 3 rings (SSSR count). The smallest absolute Gasteiger partial charge is 0.327 e. The van der Waals surface area contributed by atoms with Crippen molar-refractivity contribution in [3.63, 3.8) is 0 Å². The molecule has 0 radical (unpaired) electrons. The van der Waals surface area contributed by atoms with E-state index in [0.717, 1.165) is 16.3 Å². The lowest BCUT2D eigenvalue weighted by Crippen LogP contribution is -2.39. The predicted octanol–water partition coefficient (Wildman–Crippen LogP) is 2.25. The van der Waals surface area contributed by atoms with Crippen molar-refractivity contribution in [1.29, 1.82) is 0 Å². The monoisotopic (exact) mass is 429 g/mol. The quantitative estimate of drug-likeness (QED) is 0.439. The van der Waals surface area contributed by atoms with Crippen molar-refractivity contribution in [3.05, 3.63) is 50.7 Å². The zero-order valence-corrected chi connectivity index (χ0v) is 18.0. The van der Waals surface area contributed by atoms with Crippen LogP contribution in [0.15, 0.2) is 39.0 Å². The molecule has 0 aliphatic rings. The van der Waals surface area contributed by atoms with E-state index in [1.165, 1.54) is 11.5 Å². The van der Waals surface area contributed by atoms with E-state index in [9.17, 15) is 19.2 Å². The van der Waals surface area contributed by atoms with E-state index in [2.05, 4.69) is 15.3 Å². The Kier molecular flexibility index (Phi) is 6.25. The van der Waals surface area contributed by atoms with Crippen LogP contribution in [0.2, 0.25) is 0 Å². The molecule has 0 saturated carbocycles. The van der Waals surface area contributed by atoms with E-state index in [4.69, 9.17) is 0 Å². The number of thioether (sulfide) groups is 1. The molecule has 158 valence electrons. The predicted molar refractivity (Wildman–Crippen MR) is 116 cm³/mol. The van der Waals surface area contributed by atoms with Gasteiger partial charge in [-0.2, -0.15) is 0 Å². The van der Waals surface area contributed by atoms with Crippen LogP contribution in [-0.2, 0) is 17.9 Å². The SMILES string of the molecule is CCn1c(=O)c2[nH]c(SC(C)C(=O)Nc3ccc(C(C)=O)cc3)nc2n(CC)c1=O. The highest BCUT2D eigenvalue weighted by atomic mass is 32.2. The summed E-state index contributed by atoms with van der Waals surface area (Å²) >= 11 is 1.16. The van der Waals surface area contributed by atoms with Crippen LogP contribution < -0.4 is 16.6 Å². The van der Waals surface area contributed by atoms with Gasteiger partial charge in [0.25, 0.3) is 5.56 Å². The summed E-state index contributed by atoms with van der Waals surface area (Å²) in [5.74, 6) is -0.302. The average molecular weight is 430 g/mol. The number of aryl methyl sites for hydroxylation is 1. The van der Waals surface area contributed by atoms with Gasteiger partial charge in [-0.05, 0) is 52.0 Å². The van der Waals surface area contributed by atoms with Crippen molar-refractivity contribution in [1.82, 2.24) is 19.1 Å². The number of ketones is 1. The van der Waals surface area contributed by atoms with Crippen LogP contribution in [0, 0.1) is 0 Å². The lowest BCUT2D eigenvalue weighted by atomic mass is 10.1. The molecule has 0 fully saturated rings. The fourth-order valence-electron chi connectivity index (χ4n) is 3.02. The van der Waals surface area contributed by atoms with Gasteiger partial charge in [-0.15, -0.1) is 0 Å². The van der Waals surface area contributed by atoms with Gasteiger partial charge in [-0.3, -0.25) is 23.5 Å². The van der Waals surface area contributed by atoms with E-state index < -0.39 is 16.5 Å². The Bertz CT molecular complexity index is 1220. The van der Waals surface area contributed by atoms with Crippen molar-refractivity contribution >= 4 is 40.3 Å². The molecule has 30 heavy (non-hydrogen) atoms. The molecule has 1 atom stereocenters. The number of nitrogens with zero attached hydrogens (tertiary/aromatic N) is 3. The van der Waals surface area contributed by atoms with Gasteiger partial charge in [0.2, 0.25) is 5.91 Å². The Balaban J connectivity index is 1.82. The van der Waals surface area contributed by atoms with E-state index in [1.807, 2.05) is 0 Å². The Labute approximate surface area is 176 Å². The summed E-state index contributed by atoms with van der Waals surface area (Å²) in [7, 11) is 0. The van der Waals surface area contributed by atoms with Gasteiger partial charge in [-0.1, -0.05) is 11.8 Å². The fourth-order valence-corrected chi connectivity index (χ4v) is 3.82. The molecule has 10 heteroatoms.